The molecule has 0 fully saturated rings. The van der Waals surface area contributed by atoms with Crippen LogP contribution in [0.2, 0.25) is 0 Å². The average Bonchev–Trinajstić information content (AvgIpc) is 2.55. The van der Waals surface area contributed by atoms with Gasteiger partial charge in [0.15, 0.2) is 9.84 Å². The standard InChI is InChI=1S/C19H21NO5S/c1-5-13-6-7-14(26(4,24)25)9-16(13)18(21)20-17-10-15(19(22)23)11(2)8-12(17)3/h6-10H,5H2,1-4H3,(H,20,21)(H,22,23). The second-order valence-electron chi connectivity index (χ2n) is 6.19. The van der Waals surface area contributed by atoms with Crippen LogP contribution < -0.4 is 5.32 Å². The molecule has 26 heavy (non-hydrogen) atoms. The molecule has 7 heteroatoms. The molecule has 2 aromatic carbocycles. The molecule has 0 aliphatic rings. The minimum absolute atomic E-state index is 0.0618. The van der Waals surface area contributed by atoms with Crippen LogP contribution in [0.25, 0.3) is 0 Å². The minimum Gasteiger partial charge on any atom is -0.478 e. The number of sulfone groups is 1. The Labute approximate surface area is 152 Å². The molecule has 0 spiro atoms. The van der Waals surface area contributed by atoms with Crippen LogP contribution in [0.5, 0.6) is 0 Å². The van der Waals surface area contributed by atoms with E-state index in [1.807, 2.05) is 6.92 Å². The Morgan fingerprint density at radius 3 is 2.23 bits per heavy atom. The van der Waals surface area contributed by atoms with Gasteiger partial charge in [-0.05, 0) is 55.2 Å². The van der Waals surface area contributed by atoms with Gasteiger partial charge in [0.2, 0.25) is 0 Å². The van der Waals surface area contributed by atoms with Crippen LogP contribution >= 0.6 is 0 Å². The van der Waals surface area contributed by atoms with Gasteiger partial charge in [0.1, 0.15) is 0 Å². The Morgan fingerprint density at radius 2 is 1.69 bits per heavy atom. The lowest BCUT2D eigenvalue weighted by Crippen LogP contribution is -2.16. The zero-order valence-electron chi connectivity index (χ0n) is 15.1. The summed E-state index contributed by atoms with van der Waals surface area (Å²) in [6.45, 7) is 5.32. The van der Waals surface area contributed by atoms with Crippen molar-refractivity contribution in [3.8, 4) is 0 Å². The molecule has 1 amide bonds. The van der Waals surface area contributed by atoms with Crippen molar-refractivity contribution in [2.24, 2.45) is 0 Å². The number of nitrogens with one attached hydrogen (secondary N) is 1. The van der Waals surface area contributed by atoms with Gasteiger partial charge in [0.25, 0.3) is 5.91 Å². The van der Waals surface area contributed by atoms with E-state index in [1.54, 1.807) is 26.0 Å². The Morgan fingerprint density at radius 1 is 1.04 bits per heavy atom. The maximum absolute atomic E-state index is 12.7. The summed E-state index contributed by atoms with van der Waals surface area (Å²) in [6.07, 6.45) is 1.64. The third kappa shape index (κ3) is 4.11. The summed E-state index contributed by atoms with van der Waals surface area (Å²) in [7, 11) is -3.45. The van der Waals surface area contributed by atoms with Crippen LogP contribution in [-0.4, -0.2) is 31.7 Å². The SMILES string of the molecule is CCc1ccc(S(C)(=O)=O)cc1C(=O)Nc1cc(C(=O)O)c(C)cc1C. The van der Waals surface area contributed by atoms with Crippen molar-refractivity contribution in [3.05, 3.63) is 58.1 Å². The van der Waals surface area contributed by atoms with E-state index in [0.717, 1.165) is 11.8 Å². The van der Waals surface area contributed by atoms with Crippen LogP contribution in [0.1, 0.15) is 44.3 Å². The maximum Gasteiger partial charge on any atom is 0.336 e. The number of carbonyl (C=O) groups is 2. The van der Waals surface area contributed by atoms with E-state index >= 15 is 0 Å². The van der Waals surface area contributed by atoms with E-state index < -0.39 is 21.7 Å². The number of carboxylic acid groups (broad SMARTS) is 1. The molecule has 2 rings (SSSR count). The Bertz CT molecular complexity index is 993. The second kappa shape index (κ2) is 7.29. The highest BCUT2D eigenvalue weighted by Crippen LogP contribution is 2.23. The summed E-state index contributed by atoms with van der Waals surface area (Å²) >= 11 is 0. The quantitative estimate of drug-likeness (QED) is 0.836. The molecule has 0 atom stereocenters. The predicted octanol–water partition coefficient (Wildman–Crippen LogP) is 3.22. The van der Waals surface area contributed by atoms with Crippen molar-refractivity contribution in [2.75, 3.05) is 11.6 Å². The van der Waals surface area contributed by atoms with Gasteiger partial charge in [-0.3, -0.25) is 4.79 Å². The Balaban J connectivity index is 2.48. The van der Waals surface area contributed by atoms with Gasteiger partial charge in [-0.25, -0.2) is 13.2 Å². The van der Waals surface area contributed by atoms with Crippen LogP contribution in [-0.2, 0) is 16.3 Å². The van der Waals surface area contributed by atoms with Crippen LogP contribution in [0.4, 0.5) is 5.69 Å². The zero-order valence-corrected chi connectivity index (χ0v) is 15.9. The Kier molecular flexibility index (Phi) is 5.51. The van der Waals surface area contributed by atoms with E-state index in [4.69, 9.17) is 0 Å². The topological polar surface area (TPSA) is 101 Å². The maximum atomic E-state index is 12.7. The van der Waals surface area contributed by atoms with Crippen molar-refractivity contribution >= 4 is 27.4 Å². The molecule has 2 N–H and O–H groups in total. The van der Waals surface area contributed by atoms with Gasteiger partial charge in [0.05, 0.1) is 10.5 Å². The number of benzene rings is 2. The molecule has 0 unspecified atom stereocenters. The van der Waals surface area contributed by atoms with Crippen LogP contribution in [0, 0.1) is 13.8 Å². The lowest BCUT2D eigenvalue weighted by atomic mass is 10.0. The number of aryl methyl sites for hydroxylation is 3. The molecule has 2 aromatic rings. The monoisotopic (exact) mass is 375 g/mol. The van der Waals surface area contributed by atoms with Gasteiger partial charge in [-0.15, -0.1) is 0 Å². The molecule has 0 saturated heterocycles. The van der Waals surface area contributed by atoms with Gasteiger partial charge in [-0.2, -0.15) is 0 Å². The lowest BCUT2D eigenvalue weighted by Gasteiger charge is -2.14. The van der Waals surface area contributed by atoms with Crippen LogP contribution in [0.3, 0.4) is 0 Å². The van der Waals surface area contributed by atoms with Gasteiger partial charge in [0, 0.05) is 17.5 Å². The molecule has 0 aliphatic heterocycles. The van der Waals surface area contributed by atoms with Gasteiger partial charge < -0.3 is 10.4 Å². The first-order valence-corrected chi connectivity index (χ1v) is 9.92. The van der Waals surface area contributed by atoms with E-state index in [9.17, 15) is 23.1 Å². The summed E-state index contributed by atoms with van der Waals surface area (Å²) < 4.78 is 23.6. The predicted molar refractivity (Wildman–Crippen MR) is 99.8 cm³/mol. The largest absolute Gasteiger partial charge is 0.478 e. The Hall–Kier alpha value is -2.67. The molecular weight excluding hydrogens is 354 g/mol. The van der Waals surface area contributed by atoms with Gasteiger partial charge >= 0.3 is 5.97 Å². The minimum atomic E-state index is -3.45. The molecule has 0 radical (unpaired) electrons. The third-order valence-electron chi connectivity index (χ3n) is 4.18. The summed E-state index contributed by atoms with van der Waals surface area (Å²) in [5.41, 5.74) is 2.76. The molecule has 0 aliphatic carbocycles. The van der Waals surface area contributed by atoms with Gasteiger partial charge in [-0.1, -0.05) is 19.1 Å². The normalized spacial score (nSPS) is 11.2. The number of anilines is 1. The van der Waals surface area contributed by atoms with Crippen molar-refractivity contribution < 1.29 is 23.1 Å². The van der Waals surface area contributed by atoms with Crippen molar-refractivity contribution in [2.45, 2.75) is 32.1 Å². The fourth-order valence-electron chi connectivity index (χ4n) is 2.71. The molecule has 0 aromatic heterocycles. The molecular formula is C19H21NO5S. The zero-order chi connectivity index (χ0) is 19.6. The smallest absolute Gasteiger partial charge is 0.336 e. The van der Waals surface area contributed by atoms with Crippen LogP contribution in [0.15, 0.2) is 35.2 Å². The molecule has 0 bridgehead atoms. The summed E-state index contributed by atoms with van der Waals surface area (Å²) in [6, 6.07) is 7.55. The van der Waals surface area contributed by atoms with E-state index in [-0.39, 0.29) is 16.0 Å². The lowest BCUT2D eigenvalue weighted by molar-refractivity contribution is 0.0695. The first-order chi connectivity index (χ1) is 12.0. The van der Waals surface area contributed by atoms with E-state index in [2.05, 4.69) is 5.32 Å². The summed E-state index contributed by atoms with van der Waals surface area (Å²) in [4.78, 5) is 24.1. The van der Waals surface area contributed by atoms with E-state index in [1.165, 1.54) is 18.2 Å². The number of carbonyl (C=O) groups excluding carboxylic acids is 1. The first-order valence-electron chi connectivity index (χ1n) is 8.03. The number of carboxylic acids is 1. The number of hydrogen-bond acceptors (Lipinski definition) is 4. The van der Waals surface area contributed by atoms with Crippen molar-refractivity contribution in [1.29, 1.82) is 0 Å². The highest BCUT2D eigenvalue weighted by atomic mass is 32.2. The van der Waals surface area contributed by atoms with Crippen molar-refractivity contribution in [3.63, 3.8) is 0 Å². The number of hydrogen-bond donors (Lipinski definition) is 2. The van der Waals surface area contributed by atoms with Crippen molar-refractivity contribution in [1.82, 2.24) is 0 Å². The number of aromatic carboxylic acids is 1. The molecule has 0 saturated carbocycles. The molecule has 0 heterocycles. The first kappa shape index (κ1) is 19.7. The average molecular weight is 375 g/mol. The summed E-state index contributed by atoms with van der Waals surface area (Å²) in [5, 5.41) is 12.0. The molecule has 138 valence electrons. The second-order valence-corrected chi connectivity index (χ2v) is 8.20. The highest BCUT2D eigenvalue weighted by molar-refractivity contribution is 7.90. The summed E-state index contributed by atoms with van der Waals surface area (Å²) in [5.74, 6) is -1.55. The fourth-order valence-corrected chi connectivity index (χ4v) is 3.36. The highest BCUT2D eigenvalue weighted by Gasteiger charge is 2.18. The third-order valence-corrected chi connectivity index (χ3v) is 5.30. The number of amides is 1. The number of rotatable bonds is 5. The molecule has 6 nitrogen and oxygen atoms in total. The van der Waals surface area contributed by atoms with E-state index in [0.29, 0.717) is 23.2 Å². The fraction of sp³-hybridized carbons (Fsp3) is 0.263.